The molecule has 0 fully saturated rings. The number of rotatable bonds is 2. The van der Waals surface area contributed by atoms with Crippen molar-refractivity contribution in [2.75, 3.05) is 0 Å². The van der Waals surface area contributed by atoms with Crippen LogP contribution in [0.1, 0.15) is 0 Å². The van der Waals surface area contributed by atoms with Crippen molar-refractivity contribution in [3.05, 3.63) is 21.3 Å². The van der Waals surface area contributed by atoms with Crippen LogP contribution in [0.15, 0.2) is 21.3 Å². The van der Waals surface area contributed by atoms with E-state index < -0.39 is 19.7 Å². The van der Waals surface area contributed by atoms with Gasteiger partial charge in [0, 0.05) is 0 Å². The maximum atomic E-state index is 10.2. The maximum absolute atomic E-state index is 10.2. The van der Waals surface area contributed by atoms with Gasteiger partial charge in [-0.05, 0) is 0 Å². The summed E-state index contributed by atoms with van der Waals surface area (Å²) >= 11 is -2.34. The third-order valence-electron chi connectivity index (χ3n) is 0.402. The molecule has 0 atom stereocenters. The fraction of sp³-hybridized carbons (Fsp3) is 0. The van der Waals surface area contributed by atoms with E-state index in [-0.39, 0.29) is 0 Å². The predicted molar refractivity (Wildman–Crippen MR) is 26.8 cm³/mol. The minimum absolute atomic E-state index is 1.50. The summed E-state index contributed by atoms with van der Waals surface area (Å²) in [6.07, 6.45) is 0. The van der Waals surface area contributed by atoms with Gasteiger partial charge in [0.25, 0.3) is 0 Å². The van der Waals surface area contributed by atoms with Crippen LogP contribution in [0.2, 0.25) is 0 Å². The van der Waals surface area contributed by atoms with Crippen molar-refractivity contribution in [2.24, 2.45) is 0 Å². The van der Waals surface area contributed by atoms with Crippen LogP contribution in [-0.2, 0) is 3.08 Å². The Kier molecular flexibility index (Phi) is 3.32. The van der Waals surface area contributed by atoms with Crippen molar-refractivity contribution in [1.82, 2.24) is 0 Å². The van der Waals surface area contributed by atoms with E-state index in [0.29, 0.717) is 0 Å². The minimum atomic E-state index is -2.34. The third kappa shape index (κ3) is 2.32. The van der Waals surface area contributed by atoms with E-state index in [0.717, 1.165) is 0 Å². The molecule has 0 amide bonds. The molecule has 0 saturated carbocycles. The van der Waals surface area contributed by atoms with Gasteiger partial charge in [-0.25, -0.2) is 0 Å². The van der Waals surface area contributed by atoms with Gasteiger partial charge in [0.15, 0.2) is 0 Å². The molecule has 0 aromatic carbocycles. The molecule has 0 rings (SSSR count). The van der Waals surface area contributed by atoms with Crippen LogP contribution < -0.4 is 0 Å². The Labute approximate surface area is 44.5 Å². The molecule has 0 saturated heterocycles. The Morgan fingerprint density at radius 3 is 1.67 bits per heavy atom. The summed E-state index contributed by atoms with van der Waals surface area (Å²) in [5.41, 5.74) is 0. The molecular weight excluding hydrogens is 183 g/mol. The molecule has 1 nitrogen and oxygen atoms in total. The average molecular weight is 189 g/mol. The molecule has 0 bridgehead atoms. The molecule has 0 spiro atoms. The Hall–Kier alpha value is 0.0787. The molecule has 6 heavy (non-hydrogen) atoms. The van der Waals surface area contributed by atoms with E-state index in [4.69, 9.17) is 0 Å². The first-order valence-electron chi connectivity index (χ1n) is 1.60. The predicted octanol–water partition coefficient (Wildman–Crippen LogP) is 0.859. The van der Waals surface area contributed by atoms with Crippen LogP contribution in [0.3, 0.4) is 0 Å². The van der Waals surface area contributed by atoms with Gasteiger partial charge >= 0.3 is 44.2 Å². The molecule has 0 aromatic rings. The van der Waals surface area contributed by atoms with Crippen LogP contribution in [0.4, 0.5) is 0 Å². The first-order chi connectivity index (χ1) is 2.81. The Morgan fingerprint density at radius 2 is 1.67 bits per heavy atom. The zero-order valence-electron chi connectivity index (χ0n) is 3.48. The van der Waals surface area contributed by atoms with Crippen LogP contribution in [0, 0.1) is 0 Å². The molecule has 0 aliphatic heterocycles. The first-order valence-corrected chi connectivity index (χ1v) is 6.06. The van der Waals surface area contributed by atoms with E-state index in [1.165, 1.54) is 8.18 Å². The molecular formula is C4H6OSn. The SMILES string of the molecule is C=[CH][Sn](=[O])[CH]=C. The summed E-state index contributed by atoms with van der Waals surface area (Å²) in [7, 11) is 0. The van der Waals surface area contributed by atoms with Gasteiger partial charge in [-0.15, -0.1) is 0 Å². The Balaban J connectivity index is 3.52. The van der Waals surface area contributed by atoms with Crippen LogP contribution in [-0.4, -0.2) is 19.7 Å². The topological polar surface area (TPSA) is 17.1 Å². The van der Waals surface area contributed by atoms with Crippen molar-refractivity contribution in [3.8, 4) is 0 Å². The molecule has 0 aliphatic rings. The average Bonchev–Trinajstić information content (AvgIpc) is 1.65. The van der Waals surface area contributed by atoms with Gasteiger partial charge in [0.2, 0.25) is 0 Å². The molecule has 0 aromatic heterocycles. The normalized spacial score (nSPS) is 6.67. The Morgan fingerprint density at radius 1 is 1.33 bits per heavy atom. The zero-order chi connectivity index (χ0) is 4.99. The number of hydrogen-bond acceptors (Lipinski definition) is 1. The molecule has 32 valence electrons. The van der Waals surface area contributed by atoms with Gasteiger partial charge in [-0.1, -0.05) is 0 Å². The van der Waals surface area contributed by atoms with E-state index in [9.17, 15) is 3.08 Å². The van der Waals surface area contributed by atoms with Gasteiger partial charge in [-0.3, -0.25) is 0 Å². The zero-order valence-corrected chi connectivity index (χ0v) is 6.33. The molecule has 0 aliphatic carbocycles. The van der Waals surface area contributed by atoms with Crippen molar-refractivity contribution in [3.63, 3.8) is 0 Å². The summed E-state index contributed by atoms with van der Waals surface area (Å²) in [6.45, 7) is 6.67. The van der Waals surface area contributed by atoms with Crippen molar-refractivity contribution in [2.45, 2.75) is 0 Å². The standard InChI is InChI=1S/2C2H3.O.Sn/c2*1-2;;/h2*1H,2H2;;. The molecule has 0 radical (unpaired) electrons. The van der Waals surface area contributed by atoms with Crippen LogP contribution in [0.5, 0.6) is 0 Å². The van der Waals surface area contributed by atoms with E-state index in [1.807, 2.05) is 0 Å². The van der Waals surface area contributed by atoms with Gasteiger partial charge in [0.1, 0.15) is 0 Å². The third-order valence-corrected chi connectivity index (χ3v) is 2.70. The van der Waals surface area contributed by atoms with Crippen molar-refractivity contribution in [1.29, 1.82) is 0 Å². The van der Waals surface area contributed by atoms with Gasteiger partial charge in [-0.2, -0.15) is 0 Å². The summed E-state index contributed by atoms with van der Waals surface area (Å²) in [4.78, 5) is 0. The fourth-order valence-electron chi connectivity index (χ4n) is 0.0833. The Bertz CT molecular complexity index is 75.5. The van der Waals surface area contributed by atoms with Crippen LogP contribution >= 0.6 is 0 Å². The number of hydrogen-bond donors (Lipinski definition) is 0. The second kappa shape index (κ2) is 3.28. The van der Waals surface area contributed by atoms with Crippen LogP contribution in [0.25, 0.3) is 0 Å². The van der Waals surface area contributed by atoms with Crippen molar-refractivity contribution >= 4 is 19.7 Å². The molecule has 0 unspecified atom stereocenters. The second-order valence-electron chi connectivity index (χ2n) is 0.811. The van der Waals surface area contributed by atoms with E-state index >= 15 is 0 Å². The fourth-order valence-corrected chi connectivity index (χ4v) is 0.559. The van der Waals surface area contributed by atoms with E-state index in [1.54, 1.807) is 0 Å². The molecule has 2 heteroatoms. The first kappa shape index (κ1) is 6.08. The quantitative estimate of drug-likeness (QED) is 0.588. The summed E-state index contributed by atoms with van der Waals surface area (Å²) < 4.78 is 13.2. The monoisotopic (exact) mass is 190 g/mol. The van der Waals surface area contributed by atoms with Gasteiger partial charge in [0.05, 0.1) is 0 Å². The second-order valence-corrected chi connectivity index (χ2v) is 5.44. The summed E-state index contributed by atoms with van der Waals surface area (Å²) in [5, 5.41) is 0. The van der Waals surface area contributed by atoms with E-state index in [2.05, 4.69) is 13.2 Å². The molecule has 0 heterocycles. The summed E-state index contributed by atoms with van der Waals surface area (Å²) in [6, 6.07) is 0. The summed E-state index contributed by atoms with van der Waals surface area (Å²) in [5.74, 6) is 0. The van der Waals surface area contributed by atoms with Crippen molar-refractivity contribution < 1.29 is 3.08 Å². The molecule has 0 N–H and O–H groups in total. The van der Waals surface area contributed by atoms with Gasteiger partial charge < -0.3 is 0 Å².